The van der Waals surface area contributed by atoms with Crippen LogP contribution in [0.3, 0.4) is 0 Å². The molecule has 0 radical (unpaired) electrons. The maximum Gasteiger partial charge on any atom is 0.150 e. The minimum absolute atomic E-state index is 0.0285. The summed E-state index contributed by atoms with van der Waals surface area (Å²) in [5, 5.41) is 8.59. The molecule has 0 aromatic heterocycles. The van der Waals surface area contributed by atoms with Crippen molar-refractivity contribution in [3.05, 3.63) is 35.4 Å². The van der Waals surface area contributed by atoms with Gasteiger partial charge in [0.2, 0.25) is 0 Å². The summed E-state index contributed by atoms with van der Waals surface area (Å²) in [6.07, 6.45) is 1.19. The number of rotatable bonds is 4. The first kappa shape index (κ1) is 11.5. The van der Waals surface area contributed by atoms with E-state index in [0.717, 1.165) is 6.42 Å². The fourth-order valence-corrected chi connectivity index (χ4v) is 1.44. The number of nitrogens with zero attached hydrogens (tertiary/aromatic N) is 1. The van der Waals surface area contributed by atoms with E-state index < -0.39 is 5.92 Å². The maximum absolute atomic E-state index is 11.4. The summed E-state index contributed by atoms with van der Waals surface area (Å²) in [5.74, 6) is -0.449. The first-order valence-corrected chi connectivity index (χ1v) is 5.12. The highest BCUT2D eigenvalue weighted by molar-refractivity contribution is 5.83. The van der Waals surface area contributed by atoms with E-state index in [4.69, 9.17) is 5.26 Å². The highest BCUT2D eigenvalue weighted by Gasteiger charge is 2.11. The van der Waals surface area contributed by atoms with Gasteiger partial charge in [-0.25, -0.2) is 0 Å². The topological polar surface area (TPSA) is 40.9 Å². The third-order valence-corrected chi connectivity index (χ3v) is 2.58. The Morgan fingerprint density at radius 1 is 1.47 bits per heavy atom. The zero-order valence-electron chi connectivity index (χ0n) is 9.16. The quantitative estimate of drug-likeness (QED) is 0.751. The van der Waals surface area contributed by atoms with Crippen molar-refractivity contribution in [2.75, 3.05) is 0 Å². The number of Topliss-reactive ketones (excluding diaryl/α,β-unsaturated/α-hetero) is 1. The Kier molecular flexibility index (Phi) is 4.05. The molecule has 1 atom stereocenters. The first-order chi connectivity index (χ1) is 7.15. The van der Waals surface area contributed by atoms with Gasteiger partial charge in [-0.2, -0.15) is 5.26 Å². The summed E-state index contributed by atoms with van der Waals surface area (Å²) >= 11 is 0. The van der Waals surface area contributed by atoms with Gasteiger partial charge in [0.1, 0.15) is 11.7 Å². The van der Waals surface area contributed by atoms with Crippen molar-refractivity contribution in [1.82, 2.24) is 0 Å². The Bertz CT molecular complexity index is 390. The van der Waals surface area contributed by atoms with E-state index in [0.29, 0.717) is 6.42 Å². The molecule has 0 spiro atoms. The van der Waals surface area contributed by atoms with Crippen LogP contribution in [0.25, 0.3) is 0 Å². The van der Waals surface area contributed by atoms with E-state index in [1.165, 1.54) is 11.1 Å². The van der Waals surface area contributed by atoms with Crippen molar-refractivity contribution in [3.63, 3.8) is 0 Å². The van der Waals surface area contributed by atoms with Crippen LogP contribution < -0.4 is 0 Å². The number of benzene rings is 1. The van der Waals surface area contributed by atoms with Gasteiger partial charge in [-0.3, -0.25) is 4.79 Å². The second-order valence-electron chi connectivity index (χ2n) is 3.74. The summed E-state index contributed by atoms with van der Waals surface area (Å²) in [7, 11) is 0. The van der Waals surface area contributed by atoms with E-state index in [-0.39, 0.29) is 5.78 Å². The van der Waals surface area contributed by atoms with E-state index in [2.05, 4.69) is 0 Å². The molecule has 0 saturated carbocycles. The summed E-state index contributed by atoms with van der Waals surface area (Å²) in [5.41, 5.74) is 2.39. The SMILES string of the molecule is Cc1ccccc1CCC(=O)C(C)C#N. The minimum Gasteiger partial charge on any atom is -0.298 e. The maximum atomic E-state index is 11.4. The van der Waals surface area contributed by atoms with Crippen molar-refractivity contribution in [3.8, 4) is 6.07 Å². The van der Waals surface area contributed by atoms with Gasteiger partial charge in [-0.05, 0) is 31.4 Å². The number of nitriles is 1. The monoisotopic (exact) mass is 201 g/mol. The van der Waals surface area contributed by atoms with Crippen LogP contribution in [0.5, 0.6) is 0 Å². The molecule has 2 nitrogen and oxygen atoms in total. The lowest BCUT2D eigenvalue weighted by molar-refractivity contribution is -0.120. The predicted octanol–water partition coefficient (Wildman–Crippen LogP) is 2.66. The Hall–Kier alpha value is -1.62. The smallest absolute Gasteiger partial charge is 0.150 e. The standard InChI is InChI=1S/C13H15NO/c1-10-5-3-4-6-12(10)7-8-13(15)11(2)9-14/h3-6,11H,7-8H2,1-2H3. The van der Waals surface area contributed by atoms with Gasteiger partial charge >= 0.3 is 0 Å². The zero-order valence-corrected chi connectivity index (χ0v) is 9.16. The second-order valence-corrected chi connectivity index (χ2v) is 3.74. The summed E-state index contributed by atoms with van der Waals surface area (Å²) in [4.78, 5) is 11.4. The molecule has 0 aliphatic rings. The summed E-state index contributed by atoms with van der Waals surface area (Å²) in [6, 6.07) is 9.99. The molecule has 0 aliphatic carbocycles. The number of ketones is 1. The van der Waals surface area contributed by atoms with Crippen molar-refractivity contribution >= 4 is 5.78 Å². The van der Waals surface area contributed by atoms with Gasteiger partial charge in [0.15, 0.2) is 0 Å². The van der Waals surface area contributed by atoms with Crippen LogP contribution in [0.15, 0.2) is 24.3 Å². The Labute approximate surface area is 90.5 Å². The fraction of sp³-hybridized carbons (Fsp3) is 0.385. The molecule has 78 valence electrons. The highest BCUT2D eigenvalue weighted by Crippen LogP contribution is 2.11. The minimum atomic E-state index is -0.478. The molecule has 0 amide bonds. The third-order valence-electron chi connectivity index (χ3n) is 2.58. The third kappa shape index (κ3) is 3.21. The molecule has 2 heteroatoms. The Morgan fingerprint density at radius 3 is 2.73 bits per heavy atom. The van der Waals surface area contributed by atoms with Gasteiger partial charge < -0.3 is 0 Å². The van der Waals surface area contributed by atoms with Gasteiger partial charge in [-0.1, -0.05) is 24.3 Å². The average Bonchev–Trinajstić information content (AvgIpc) is 2.26. The molecule has 0 N–H and O–H groups in total. The van der Waals surface area contributed by atoms with Gasteiger partial charge in [0, 0.05) is 6.42 Å². The Morgan fingerprint density at radius 2 is 2.13 bits per heavy atom. The van der Waals surface area contributed by atoms with Gasteiger partial charge in [-0.15, -0.1) is 0 Å². The van der Waals surface area contributed by atoms with Crippen molar-refractivity contribution in [1.29, 1.82) is 5.26 Å². The number of carbonyl (C=O) groups is 1. The average molecular weight is 201 g/mol. The molecule has 0 saturated heterocycles. The summed E-state index contributed by atoms with van der Waals surface area (Å²) in [6.45, 7) is 3.69. The van der Waals surface area contributed by atoms with Crippen LogP contribution in [0, 0.1) is 24.2 Å². The molecule has 1 rings (SSSR count). The molecule has 1 unspecified atom stereocenters. The molecule has 0 bridgehead atoms. The van der Waals surface area contributed by atoms with E-state index in [1.54, 1.807) is 6.92 Å². The van der Waals surface area contributed by atoms with Crippen LogP contribution in [0.1, 0.15) is 24.5 Å². The Balaban J connectivity index is 2.55. The van der Waals surface area contributed by atoms with Crippen LogP contribution in [-0.2, 0) is 11.2 Å². The molecule has 0 fully saturated rings. The largest absolute Gasteiger partial charge is 0.298 e. The van der Waals surface area contributed by atoms with Crippen LogP contribution >= 0.6 is 0 Å². The van der Waals surface area contributed by atoms with Gasteiger partial charge in [0.25, 0.3) is 0 Å². The number of hydrogen-bond donors (Lipinski definition) is 0. The van der Waals surface area contributed by atoms with E-state index in [9.17, 15) is 4.79 Å². The normalized spacial score (nSPS) is 11.8. The molecule has 1 aromatic carbocycles. The van der Waals surface area contributed by atoms with Crippen molar-refractivity contribution in [2.45, 2.75) is 26.7 Å². The predicted molar refractivity (Wildman–Crippen MR) is 59.3 cm³/mol. The van der Waals surface area contributed by atoms with Crippen molar-refractivity contribution in [2.24, 2.45) is 5.92 Å². The zero-order chi connectivity index (χ0) is 11.3. The first-order valence-electron chi connectivity index (χ1n) is 5.12. The van der Waals surface area contributed by atoms with Gasteiger partial charge in [0.05, 0.1) is 6.07 Å². The highest BCUT2D eigenvalue weighted by atomic mass is 16.1. The lowest BCUT2D eigenvalue weighted by atomic mass is 9.98. The number of carbonyl (C=O) groups excluding carboxylic acids is 1. The van der Waals surface area contributed by atoms with Crippen LogP contribution in [-0.4, -0.2) is 5.78 Å². The molecule has 1 aromatic rings. The number of hydrogen-bond acceptors (Lipinski definition) is 2. The van der Waals surface area contributed by atoms with E-state index >= 15 is 0 Å². The summed E-state index contributed by atoms with van der Waals surface area (Å²) < 4.78 is 0. The van der Waals surface area contributed by atoms with E-state index in [1.807, 2.05) is 37.3 Å². The molecule has 0 heterocycles. The van der Waals surface area contributed by atoms with Crippen LogP contribution in [0.2, 0.25) is 0 Å². The van der Waals surface area contributed by atoms with Crippen LogP contribution in [0.4, 0.5) is 0 Å². The molecule has 0 aliphatic heterocycles. The number of aryl methyl sites for hydroxylation is 2. The molecule has 15 heavy (non-hydrogen) atoms. The lowest BCUT2D eigenvalue weighted by Gasteiger charge is -2.05. The van der Waals surface area contributed by atoms with Crippen molar-refractivity contribution < 1.29 is 4.79 Å². The fourth-order valence-electron chi connectivity index (χ4n) is 1.44. The second kappa shape index (κ2) is 5.31. The molecular weight excluding hydrogens is 186 g/mol. The molecular formula is C13H15NO. The lowest BCUT2D eigenvalue weighted by Crippen LogP contribution is -2.09.